The number of unbranched alkanes of at least 4 members (excludes halogenated alkanes) is 1. The maximum Gasteiger partial charge on any atom is 0.346 e. The lowest BCUT2D eigenvalue weighted by molar-refractivity contribution is 0.237. The molecule has 0 saturated carbocycles. The molecule has 0 saturated heterocycles. The zero-order valence-corrected chi connectivity index (χ0v) is 21.8. The number of nitrogens with zero attached hydrogens (tertiary/aromatic N) is 6. The normalized spacial score (nSPS) is 11.9. The number of tetrazole rings is 1. The first-order chi connectivity index (χ1) is 18.6. The first-order valence-electron chi connectivity index (χ1n) is 12.6. The van der Waals surface area contributed by atoms with Gasteiger partial charge in [0.15, 0.2) is 6.10 Å². The van der Waals surface area contributed by atoms with E-state index in [-0.39, 0.29) is 5.69 Å². The Bertz CT molecular complexity index is 1510. The zero-order valence-electron chi connectivity index (χ0n) is 21.0. The number of nitrogens with one attached hydrogen (secondary N) is 1. The van der Waals surface area contributed by atoms with Crippen molar-refractivity contribution in [2.75, 3.05) is 0 Å². The number of halogens is 1. The molecule has 2 aromatic heterocycles. The monoisotopic (exact) mass is 529 g/mol. The van der Waals surface area contributed by atoms with Crippen LogP contribution in [0.5, 0.6) is 5.75 Å². The minimum Gasteiger partial charge on any atom is -0.477 e. The molecule has 5 rings (SSSR count). The highest BCUT2D eigenvalue weighted by molar-refractivity contribution is 6.31. The van der Waals surface area contributed by atoms with Crippen molar-refractivity contribution in [2.45, 2.75) is 45.4 Å². The number of H-pyrrole nitrogens is 1. The van der Waals surface area contributed by atoms with Crippen molar-refractivity contribution in [3.63, 3.8) is 0 Å². The Hall–Kier alpha value is -4.24. The Morgan fingerprint density at radius 3 is 2.39 bits per heavy atom. The lowest BCUT2D eigenvalue weighted by Gasteiger charge is -2.18. The van der Waals surface area contributed by atoms with Gasteiger partial charge in [-0.1, -0.05) is 90.8 Å². The maximum atomic E-state index is 13.3. The van der Waals surface area contributed by atoms with Crippen molar-refractivity contribution in [1.29, 1.82) is 0 Å². The SMILES string of the molecule is CCCCc1nn(Cc2ccccc2)c(=O)n1Cc1ccc(OC(c2nn[nH]n2)c2ccccc2Cl)cc1. The smallest absolute Gasteiger partial charge is 0.346 e. The fourth-order valence-electron chi connectivity index (χ4n) is 4.24. The summed E-state index contributed by atoms with van der Waals surface area (Å²) in [6.45, 7) is 3.00. The van der Waals surface area contributed by atoms with Crippen LogP contribution in [-0.2, 0) is 19.5 Å². The van der Waals surface area contributed by atoms with Crippen molar-refractivity contribution in [3.05, 3.63) is 123 Å². The molecule has 0 bridgehead atoms. The second-order valence-electron chi connectivity index (χ2n) is 8.97. The summed E-state index contributed by atoms with van der Waals surface area (Å²) in [6.07, 6.45) is 2.11. The van der Waals surface area contributed by atoms with Gasteiger partial charge in [-0.25, -0.2) is 9.48 Å². The number of hydrogen-bond donors (Lipinski definition) is 1. The molecule has 0 aliphatic carbocycles. The molecule has 5 aromatic rings. The second kappa shape index (κ2) is 11.9. The van der Waals surface area contributed by atoms with Crippen LogP contribution >= 0.6 is 11.6 Å². The van der Waals surface area contributed by atoms with Gasteiger partial charge in [0, 0.05) is 17.0 Å². The molecule has 0 amide bonds. The van der Waals surface area contributed by atoms with Gasteiger partial charge in [0.25, 0.3) is 0 Å². The molecule has 0 fully saturated rings. The fourth-order valence-corrected chi connectivity index (χ4v) is 4.47. The minimum absolute atomic E-state index is 0.115. The van der Waals surface area contributed by atoms with Gasteiger partial charge in [-0.2, -0.15) is 10.3 Å². The van der Waals surface area contributed by atoms with Gasteiger partial charge < -0.3 is 4.74 Å². The number of rotatable bonds is 11. The molecule has 194 valence electrons. The number of benzene rings is 3. The van der Waals surface area contributed by atoms with Gasteiger partial charge in [0.05, 0.1) is 13.1 Å². The summed E-state index contributed by atoms with van der Waals surface area (Å²) in [7, 11) is 0. The van der Waals surface area contributed by atoms with Crippen molar-refractivity contribution < 1.29 is 4.74 Å². The Labute approximate surface area is 225 Å². The number of aromatic amines is 1. The largest absolute Gasteiger partial charge is 0.477 e. The molecule has 0 aliphatic rings. The van der Waals surface area contributed by atoms with Crippen LogP contribution < -0.4 is 10.4 Å². The van der Waals surface area contributed by atoms with Crippen molar-refractivity contribution >= 4 is 11.6 Å². The molecular weight excluding hydrogens is 502 g/mol. The number of aromatic nitrogens is 7. The van der Waals surface area contributed by atoms with Crippen LogP contribution in [0.4, 0.5) is 0 Å². The molecule has 1 unspecified atom stereocenters. The van der Waals surface area contributed by atoms with E-state index in [1.807, 2.05) is 72.8 Å². The third-order valence-corrected chi connectivity index (χ3v) is 6.57. The van der Waals surface area contributed by atoms with Crippen LogP contribution in [0.25, 0.3) is 0 Å². The van der Waals surface area contributed by atoms with Gasteiger partial charge in [-0.3, -0.25) is 4.57 Å². The lowest BCUT2D eigenvalue weighted by atomic mass is 10.1. The molecule has 1 N–H and O–H groups in total. The molecule has 3 aromatic carbocycles. The average Bonchev–Trinajstić information content (AvgIpc) is 3.57. The Kier molecular flexibility index (Phi) is 7.94. The predicted molar refractivity (Wildman–Crippen MR) is 144 cm³/mol. The summed E-state index contributed by atoms with van der Waals surface area (Å²) < 4.78 is 9.56. The summed E-state index contributed by atoms with van der Waals surface area (Å²) in [5.74, 6) is 1.78. The van der Waals surface area contributed by atoms with Crippen LogP contribution in [0.15, 0.2) is 83.7 Å². The molecule has 9 nitrogen and oxygen atoms in total. The van der Waals surface area contributed by atoms with Crippen LogP contribution in [-0.4, -0.2) is 35.0 Å². The number of hydrogen-bond acceptors (Lipinski definition) is 6. The Morgan fingerprint density at radius 2 is 1.68 bits per heavy atom. The second-order valence-corrected chi connectivity index (χ2v) is 9.37. The highest BCUT2D eigenvalue weighted by Crippen LogP contribution is 2.31. The summed E-state index contributed by atoms with van der Waals surface area (Å²) in [4.78, 5) is 13.3. The zero-order chi connectivity index (χ0) is 26.3. The van der Waals surface area contributed by atoms with Gasteiger partial charge in [-0.15, -0.1) is 10.2 Å². The molecule has 0 spiro atoms. The van der Waals surface area contributed by atoms with E-state index < -0.39 is 6.10 Å². The quantitative estimate of drug-likeness (QED) is 0.263. The van der Waals surface area contributed by atoms with Gasteiger partial charge in [0.1, 0.15) is 11.6 Å². The van der Waals surface area contributed by atoms with Crippen molar-refractivity contribution in [1.82, 2.24) is 35.0 Å². The fraction of sp³-hybridized carbons (Fsp3) is 0.250. The molecule has 0 aliphatic heterocycles. The van der Waals surface area contributed by atoms with E-state index in [0.29, 0.717) is 29.7 Å². The van der Waals surface area contributed by atoms with Crippen molar-refractivity contribution in [2.24, 2.45) is 0 Å². The van der Waals surface area contributed by atoms with E-state index in [4.69, 9.17) is 16.3 Å². The molecule has 1 atom stereocenters. The highest BCUT2D eigenvalue weighted by Gasteiger charge is 2.23. The molecule has 0 radical (unpaired) electrons. The summed E-state index contributed by atoms with van der Waals surface area (Å²) in [5.41, 5.74) is 2.62. The van der Waals surface area contributed by atoms with Crippen LogP contribution in [0.2, 0.25) is 5.02 Å². The molecule has 2 heterocycles. The van der Waals surface area contributed by atoms with Crippen molar-refractivity contribution in [3.8, 4) is 5.75 Å². The van der Waals surface area contributed by atoms with Crippen LogP contribution in [0.1, 0.15) is 54.2 Å². The van der Waals surface area contributed by atoms with Gasteiger partial charge in [-0.05, 0) is 35.7 Å². The van der Waals surface area contributed by atoms with Gasteiger partial charge in [0.2, 0.25) is 5.82 Å². The van der Waals surface area contributed by atoms with E-state index in [1.165, 1.54) is 0 Å². The summed E-state index contributed by atoms with van der Waals surface area (Å²) in [5, 5.41) is 19.6. The van der Waals surface area contributed by atoms with E-state index in [9.17, 15) is 4.79 Å². The summed E-state index contributed by atoms with van der Waals surface area (Å²) in [6, 6.07) is 24.9. The maximum absolute atomic E-state index is 13.3. The molecule has 10 heteroatoms. The van der Waals surface area contributed by atoms with E-state index in [1.54, 1.807) is 15.3 Å². The number of aryl methyl sites for hydroxylation is 1. The van der Waals surface area contributed by atoms with Gasteiger partial charge >= 0.3 is 5.69 Å². The third-order valence-electron chi connectivity index (χ3n) is 6.23. The molecule has 38 heavy (non-hydrogen) atoms. The Balaban J connectivity index is 1.37. The van der Waals surface area contributed by atoms with E-state index >= 15 is 0 Å². The number of ether oxygens (including phenoxy) is 1. The third kappa shape index (κ3) is 5.84. The highest BCUT2D eigenvalue weighted by atomic mass is 35.5. The van der Waals surface area contributed by atoms with E-state index in [0.717, 1.165) is 41.8 Å². The standard InChI is InChI=1S/C28H28ClN7O2/c1-2-3-13-25-32-36(19-20-9-5-4-6-10-20)28(37)35(25)18-21-14-16-22(17-15-21)38-26(27-30-33-34-31-27)23-11-7-8-12-24(23)29/h4-12,14-17,26H,2-3,13,18-19H2,1H3,(H,30,31,33,34). The first kappa shape index (κ1) is 25.4. The van der Waals surface area contributed by atoms with Crippen LogP contribution in [0, 0.1) is 0 Å². The Morgan fingerprint density at radius 1 is 0.947 bits per heavy atom. The first-order valence-corrected chi connectivity index (χ1v) is 12.9. The predicted octanol–water partition coefficient (Wildman–Crippen LogP) is 4.82. The molecular formula is C28H28ClN7O2. The lowest BCUT2D eigenvalue weighted by Crippen LogP contribution is -2.26. The van der Waals surface area contributed by atoms with E-state index in [2.05, 4.69) is 32.6 Å². The summed E-state index contributed by atoms with van der Waals surface area (Å²) >= 11 is 6.43. The van der Waals surface area contributed by atoms with Crippen LogP contribution in [0.3, 0.4) is 0 Å². The topological polar surface area (TPSA) is 104 Å². The minimum atomic E-state index is -0.632. The average molecular weight is 530 g/mol.